The second-order valence-electron chi connectivity index (χ2n) is 7.10. The predicted octanol–water partition coefficient (Wildman–Crippen LogP) is 4.27. The van der Waals surface area contributed by atoms with Gasteiger partial charge in [0.25, 0.3) is 5.91 Å². The summed E-state index contributed by atoms with van der Waals surface area (Å²) in [6.07, 6.45) is 0. The molecular formula is C24H20FNO4. The molecule has 0 unspecified atom stereocenters. The standard InChI is InChI=1S/C24H20FNO4/c1-26(14-16-7-6-8-17(25)13-16)22(27)15-29-24(28)23-18-9-2-4-11-20(18)30-21-12-5-3-10-19(21)23/h2-13,23H,14-15H2,1H3. The van der Waals surface area contributed by atoms with Gasteiger partial charge in [-0.2, -0.15) is 0 Å². The first-order valence-corrected chi connectivity index (χ1v) is 9.53. The molecule has 5 nitrogen and oxygen atoms in total. The summed E-state index contributed by atoms with van der Waals surface area (Å²) in [5, 5.41) is 0. The highest BCUT2D eigenvalue weighted by atomic mass is 19.1. The fourth-order valence-corrected chi connectivity index (χ4v) is 3.49. The number of esters is 1. The van der Waals surface area contributed by atoms with E-state index in [2.05, 4.69) is 0 Å². The molecule has 4 rings (SSSR count). The summed E-state index contributed by atoms with van der Waals surface area (Å²) in [6, 6.07) is 20.6. The summed E-state index contributed by atoms with van der Waals surface area (Å²) in [5.41, 5.74) is 2.05. The summed E-state index contributed by atoms with van der Waals surface area (Å²) < 4.78 is 24.6. The number of carbonyl (C=O) groups excluding carboxylic acids is 2. The van der Waals surface area contributed by atoms with Crippen LogP contribution in [-0.4, -0.2) is 30.4 Å². The molecule has 0 N–H and O–H groups in total. The van der Waals surface area contributed by atoms with Gasteiger partial charge in [0.15, 0.2) is 6.61 Å². The van der Waals surface area contributed by atoms with Crippen LogP contribution in [0.1, 0.15) is 22.6 Å². The lowest BCUT2D eigenvalue weighted by atomic mass is 9.88. The van der Waals surface area contributed by atoms with Crippen molar-refractivity contribution in [3.63, 3.8) is 0 Å². The summed E-state index contributed by atoms with van der Waals surface area (Å²) >= 11 is 0. The molecule has 30 heavy (non-hydrogen) atoms. The lowest BCUT2D eigenvalue weighted by Crippen LogP contribution is -2.32. The van der Waals surface area contributed by atoms with Gasteiger partial charge in [-0.15, -0.1) is 0 Å². The topological polar surface area (TPSA) is 55.8 Å². The number of likely N-dealkylation sites (N-methyl/N-ethyl adjacent to an activating group) is 1. The Labute approximate surface area is 173 Å². The maximum atomic E-state index is 13.3. The number of fused-ring (bicyclic) bond motifs is 2. The Hall–Kier alpha value is -3.67. The first-order valence-electron chi connectivity index (χ1n) is 9.53. The van der Waals surface area contributed by atoms with Crippen LogP contribution in [0.5, 0.6) is 11.5 Å². The third kappa shape index (κ3) is 4.03. The SMILES string of the molecule is CN(Cc1cccc(F)c1)C(=O)COC(=O)C1c2ccccc2Oc2ccccc21. The number of para-hydroxylation sites is 2. The second-order valence-corrected chi connectivity index (χ2v) is 7.10. The highest BCUT2D eigenvalue weighted by Gasteiger charge is 2.34. The Morgan fingerprint density at radius 3 is 2.23 bits per heavy atom. The van der Waals surface area contributed by atoms with Crippen molar-refractivity contribution in [3.05, 3.63) is 95.3 Å². The lowest BCUT2D eigenvalue weighted by Gasteiger charge is -2.27. The molecule has 0 fully saturated rings. The van der Waals surface area contributed by atoms with Crippen molar-refractivity contribution < 1.29 is 23.5 Å². The van der Waals surface area contributed by atoms with Gasteiger partial charge in [-0.1, -0.05) is 48.5 Å². The van der Waals surface area contributed by atoms with E-state index >= 15 is 0 Å². The highest BCUT2D eigenvalue weighted by Crippen LogP contribution is 2.44. The number of amides is 1. The van der Waals surface area contributed by atoms with Crippen LogP contribution < -0.4 is 4.74 Å². The lowest BCUT2D eigenvalue weighted by molar-refractivity contribution is -0.152. The zero-order valence-electron chi connectivity index (χ0n) is 16.4. The smallest absolute Gasteiger partial charge is 0.318 e. The Bertz CT molecular complexity index is 1050. The van der Waals surface area contributed by atoms with Crippen LogP contribution in [0, 0.1) is 5.82 Å². The van der Waals surface area contributed by atoms with Gasteiger partial charge in [0, 0.05) is 24.7 Å². The molecule has 0 aromatic heterocycles. The summed E-state index contributed by atoms with van der Waals surface area (Å²) in [5.74, 6) is -0.753. The molecule has 0 atom stereocenters. The van der Waals surface area contributed by atoms with E-state index in [0.29, 0.717) is 28.2 Å². The van der Waals surface area contributed by atoms with E-state index in [-0.39, 0.29) is 18.3 Å². The Kier molecular flexibility index (Phi) is 5.48. The molecule has 152 valence electrons. The average molecular weight is 405 g/mol. The quantitative estimate of drug-likeness (QED) is 0.595. The molecule has 0 saturated carbocycles. The number of nitrogens with zero attached hydrogens (tertiary/aromatic N) is 1. The number of hydrogen-bond acceptors (Lipinski definition) is 4. The first kappa shape index (κ1) is 19.6. The highest BCUT2D eigenvalue weighted by molar-refractivity contribution is 5.87. The second kappa shape index (κ2) is 8.37. The molecule has 0 radical (unpaired) electrons. The zero-order chi connectivity index (χ0) is 21.1. The van der Waals surface area contributed by atoms with Crippen LogP contribution in [-0.2, 0) is 20.9 Å². The number of halogens is 1. The monoisotopic (exact) mass is 405 g/mol. The minimum absolute atomic E-state index is 0.219. The van der Waals surface area contributed by atoms with E-state index in [4.69, 9.17) is 9.47 Å². The van der Waals surface area contributed by atoms with E-state index in [1.807, 2.05) is 36.4 Å². The van der Waals surface area contributed by atoms with Crippen LogP contribution in [0.25, 0.3) is 0 Å². The van der Waals surface area contributed by atoms with Crippen molar-refractivity contribution >= 4 is 11.9 Å². The maximum Gasteiger partial charge on any atom is 0.318 e. The maximum absolute atomic E-state index is 13.3. The molecule has 0 aliphatic carbocycles. The third-order valence-corrected chi connectivity index (χ3v) is 4.99. The van der Waals surface area contributed by atoms with Crippen molar-refractivity contribution in [1.29, 1.82) is 0 Å². The molecule has 1 aliphatic rings. The molecule has 1 amide bonds. The van der Waals surface area contributed by atoms with E-state index in [1.165, 1.54) is 17.0 Å². The van der Waals surface area contributed by atoms with Gasteiger partial charge in [0.1, 0.15) is 23.2 Å². The van der Waals surface area contributed by atoms with Crippen LogP contribution in [0.4, 0.5) is 4.39 Å². The average Bonchev–Trinajstić information content (AvgIpc) is 2.75. The molecule has 0 spiro atoms. The number of ether oxygens (including phenoxy) is 2. The van der Waals surface area contributed by atoms with Crippen molar-refractivity contribution in [3.8, 4) is 11.5 Å². The van der Waals surface area contributed by atoms with Crippen molar-refractivity contribution in [1.82, 2.24) is 4.90 Å². The Morgan fingerprint density at radius 2 is 1.60 bits per heavy atom. The van der Waals surface area contributed by atoms with Crippen molar-refractivity contribution in [2.45, 2.75) is 12.5 Å². The molecule has 1 aliphatic heterocycles. The van der Waals surface area contributed by atoms with Gasteiger partial charge < -0.3 is 14.4 Å². The fraction of sp³-hybridized carbons (Fsp3) is 0.167. The van der Waals surface area contributed by atoms with Gasteiger partial charge in [0.2, 0.25) is 0 Å². The molecule has 0 saturated heterocycles. The first-order chi connectivity index (χ1) is 14.5. The zero-order valence-corrected chi connectivity index (χ0v) is 16.4. The molecule has 3 aromatic carbocycles. The summed E-state index contributed by atoms with van der Waals surface area (Å²) in [7, 11) is 1.58. The fourth-order valence-electron chi connectivity index (χ4n) is 3.49. The Balaban J connectivity index is 1.46. The van der Waals surface area contributed by atoms with Gasteiger partial charge in [-0.05, 0) is 29.8 Å². The van der Waals surface area contributed by atoms with Crippen LogP contribution in [0.2, 0.25) is 0 Å². The van der Waals surface area contributed by atoms with Crippen LogP contribution >= 0.6 is 0 Å². The van der Waals surface area contributed by atoms with Gasteiger partial charge in [0.05, 0.1) is 0 Å². The van der Waals surface area contributed by atoms with Gasteiger partial charge in [-0.3, -0.25) is 9.59 Å². The molecule has 1 heterocycles. The summed E-state index contributed by atoms with van der Waals surface area (Å²) in [6.45, 7) is -0.177. The molecule has 6 heteroatoms. The number of hydrogen-bond donors (Lipinski definition) is 0. The van der Waals surface area contributed by atoms with Crippen molar-refractivity contribution in [2.24, 2.45) is 0 Å². The molecule has 0 bridgehead atoms. The van der Waals surface area contributed by atoms with E-state index < -0.39 is 18.5 Å². The molecule has 3 aromatic rings. The minimum atomic E-state index is -0.674. The van der Waals surface area contributed by atoms with Gasteiger partial charge >= 0.3 is 5.97 Å². The van der Waals surface area contributed by atoms with Crippen LogP contribution in [0.3, 0.4) is 0 Å². The summed E-state index contributed by atoms with van der Waals surface area (Å²) in [4.78, 5) is 26.8. The number of carbonyl (C=O) groups is 2. The van der Waals surface area contributed by atoms with E-state index in [0.717, 1.165) is 0 Å². The predicted molar refractivity (Wildman–Crippen MR) is 109 cm³/mol. The minimum Gasteiger partial charge on any atom is -0.457 e. The Morgan fingerprint density at radius 1 is 0.967 bits per heavy atom. The number of rotatable bonds is 5. The normalized spacial score (nSPS) is 12.3. The van der Waals surface area contributed by atoms with Crippen LogP contribution in [0.15, 0.2) is 72.8 Å². The molecular weight excluding hydrogens is 385 g/mol. The largest absolute Gasteiger partial charge is 0.457 e. The van der Waals surface area contributed by atoms with Crippen molar-refractivity contribution in [2.75, 3.05) is 13.7 Å². The van der Waals surface area contributed by atoms with E-state index in [9.17, 15) is 14.0 Å². The van der Waals surface area contributed by atoms with Gasteiger partial charge in [-0.25, -0.2) is 4.39 Å². The van der Waals surface area contributed by atoms with E-state index in [1.54, 1.807) is 31.3 Å². The third-order valence-electron chi connectivity index (χ3n) is 4.99. The number of benzene rings is 3.